The lowest BCUT2D eigenvalue weighted by Gasteiger charge is -2.30. The maximum Gasteiger partial charge on any atom is 0.254 e. The monoisotopic (exact) mass is 611 g/mol. The molecule has 2 amide bonds. The molecule has 5 heterocycles. The maximum absolute atomic E-state index is 13.9. The molecule has 0 radical (unpaired) electrons. The van der Waals surface area contributed by atoms with Crippen molar-refractivity contribution in [1.29, 1.82) is 0 Å². The van der Waals surface area contributed by atoms with E-state index in [0.717, 1.165) is 61.6 Å². The van der Waals surface area contributed by atoms with Crippen molar-refractivity contribution >= 4 is 11.8 Å². The number of hydrogen-bond acceptors (Lipinski definition) is 8. The summed E-state index contributed by atoms with van der Waals surface area (Å²) in [7, 11) is 0. The third kappa shape index (κ3) is 6.36. The van der Waals surface area contributed by atoms with Gasteiger partial charge in [0.2, 0.25) is 12.7 Å². The molecule has 0 spiro atoms. The number of benzene rings is 2. The van der Waals surface area contributed by atoms with E-state index in [-0.39, 0.29) is 24.5 Å². The molecule has 1 unspecified atom stereocenters. The minimum absolute atomic E-state index is 0.0932. The summed E-state index contributed by atoms with van der Waals surface area (Å²) in [6, 6.07) is 13.2. The van der Waals surface area contributed by atoms with Crippen molar-refractivity contribution in [3.8, 4) is 28.6 Å². The zero-order chi connectivity index (χ0) is 30.6. The van der Waals surface area contributed by atoms with Gasteiger partial charge in [-0.05, 0) is 56.0 Å². The van der Waals surface area contributed by atoms with Crippen LogP contribution in [-0.4, -0.2) is 85.5 Å². The number of nitrogens with zero attached hydrogens (tertiary/aromatic N) is 7. The average molecular weight is 612 g/mol. The number of fused-ring (bicyclic) bond motifs is 6. The Kier molecular flexibility index (Phi) is 8.35. The Morgan fingerprint density at radius 3 is 2.64 bits per heavy atom. The molecule has 2 bridgehead atoms. The fraction of sp³-hybridized carbons (Fsp3) is 0.424. The minimum atomic E-state index is -0.124. The molecule has 0 aliphatic carbocycles. The van der Waals surface area contributed by atoms with Crippen LogP contribution in [0.1, 0.15) is 41.9 Å². The summed E-state index contributed by atoms with van der Waals surface area (Å²) >= 11 is 0. The lowest BCUT2D eigenvalue weighted by molar-refractivity contribution is -0.137. The molecule has 1 atom stereocenters. The van der Waals surface area contributed by atoms with Crippen molar-refractivity contribution in [2.24, 2.45) is 5.92 Å². The SMILES string of the molecule is O=C(c1ccc2c(c1)OCO2)N1CCCCN(C(=O)C2CCc3ncnn3C2)CCCn2ccnc2-c2cccc(c2)OCC1. The van der Waals surface area contributed by atoms with Crippen molar-refractivity contribution in [2.75, 3.05) is 39.6 Å². The van der Waals surface area contributed by atoms with Crippen molar-refractivity contribution in [2.45, 2.75) is 45.2 Å². The van der Waals surface area contributed by atoms with Crippen LogP contribution in [0.25, 0.3) is 11.4 Å². The number of carbonyl (C=O) groups is 2. The first-order valence-corrected chi connectivity index (χ1v) is 15.7. The Labute approximate surface area is 261 Å². The Hall–Kier alpha value is -4.87. The Morgan fingerprint density at radius 1 is 0.844 bits per heavy atom. The Balaban J connectivity index is 1.11. The van der Waals surface area contributed by atoms with Gasteiger partial charge in [0.15, 0.2) is 11.5 Å². The highest BCUT2D eigenvalue weighted by molar-refractivity contribution is 5.95. The second-order valence-corrected chi connectivity index (χ2v) is 11.7. The number of ether oxygens (including phenoxy) is 3. The third-order valence-corrected chi connectivity index (χ3v) is 8.74. The van der Waals surface area contributed by atoms with Crippen molar-refractivity contribution in [1.82, 2.24) is 34.1 Å². The van der Waals surface area contributed by atoms with E-state index in [1.54, 1.807) is 24.5 Å². The van der Waals surface area contributed by atoms with Gasteiger partial charge in [-0.2, -0.15) is 5.10 Å². The molecule has 7 rings (SSSR count). The highest BCUT2D eigenvalue weighted by atomic mass is 16.7. The Morgan fingerprint density at radius 2 is 1.71 bits per heavy atom. The van der Waals surface area contributed by atoms with Gasteiger partial charge < -0.3 is 28.6 Å². The zero-order valence-corrected chi connectivity index (χ0v) is 25.2. The molecule has 234 valence electrons. The fourth-order valence-electron chi connectivity index (χ4n) is 6.34. The van der Waals surface area contributed by atoms with Gasteiger partial charge in [0, 0.05) is 56.1 Å². The summed E-state index contributed by atoms with van der Waals surface area (Å²) in [6.07, 6.45) is 9.19. The minimum Gasteiger partial charge on any atom is -0.492 e. The van der Waals surface area contributed by atoms with Crippen LogP contribution in [0.15, 0.2) is 61.2 Å². The lowest BCUT2D eigenvalue weighted by Crippen LogP contribution is -2.41. The summed E-state index contributed by atoms with van der Waals surface area (Å²) in [5.41, 5.74) is 1.49. The summed E-state index contributed by atoms with van der Waals surface area (Å²) in [4.78, 5) is 40.4. The van der Waals surface area contributed by atoms with Crippen LogP contribution in [0.2, 0.25) is 0 Å². The summed E-state index contributed by atoms with van der Waals surface area (Å²) < 4.78 is 21.1. The maximum atomic E-state index is 13.9. The molecule has 4 aromatic rings. The van der Waals surface area contributed by atoms with Gasteiger partial charge >= 0.3 is 0 Å². The van der Waals surface area contributed by atoms with Gasteiger partial charge in [-0.25, -0.2) is 14.6 Å². The molecular formula is C33H37N7O5. The zero-order valence-electron chi connectivity index (χ0n) is 25.2. The highest BCUT2D eigenvalue weighted by Gasteiger charge is 2.29. The van der Waals surface area contributed by atoms with Crippen LogP contribution in [0.5, 0.6) is 17.2 Å². The molecule has 0 N–H and O–H groups in total. The number of amides is 2. The first kappa shape index (κ1) is 28.9. The number of rotatable bonds is 2. The highest BCUT2D eigenvalue weighted by Crippen LogP contribution is 2.33. The van der Waals surface area contributed by atoms with Gasteiger partial charge in [0.05, 0.1) is 19.0 Å². The number of carbonyl (C=O) groups excluding carboxylic acids is 2. The summed E-state index contributed by atoms with van der Waals surface area (Å²) in [5.74, 6) is 3.68. The number of imidazole rings is 1. The second-order valence-electron chi connectivity index (χ2n) is 11.7. The van der Waals surface area contributed by atoms with Gasteiger partial charge in [0.25, 0.3) is 5.91 Å². The van der Waals surface area contributed by atoms with Gasteiger partial charge in [-0.15, -0.1) is 0 Å². The molecule has 3 aliphatic heterocycles. The molecule has 12 heteroatoms. The molecule has 2 aromatic carbocycles. The van der Waals surface area contributed by atoms with Gasteiger partial charge in [-0.1, -0.05) is 12.1 Å². The number of hydrogen-bond donors (Lipinski definition) is 0. The van der Waals surface area contributed by atoms with E-state index in [1.807, 2.05) is 51.1 Å². The molecule has 0 saturated carbocycles. The molecule has 45 heavy (non-hydrogen) atoms. The van der Waals surface area contributed by atoms with E-state index < -0.39 is 0 Å². The van der Waals surface area contributed by atoms with E-state index in [9.17, 15) is 9.59 Å². The van der Waals surface area contributed by atoms with Gasteiger partial charge in [0.1, 0.15) is 30.3 Å². The number of aryl methyl sites for hydroxylation is 2. The molecule has 0 saturated heterocycles. The van der Waals surface area contributed by atoms with Crippen LogP contribution in [0.4, 0.5) is 0 Å². The van der Waals surface area contributed by atoms with Crippen molar-refractivity contribution in [3.05, 3.63) is 72.6 Å². The van der Waals surface area contributed by atoms with Crippen LogP contribution >= 0.6 is 0 Å². The van der Waals surface area contributed by atoms with E-state index in [1.165, 1.54) is 0 Å². The largest absolute Gasteiger partial charge is 0.492 e. The smallest absolute Gasteiger partial charge is 0.254 e. The van der Waals surface area contributed by atoms with Crippen LogP contribution in [0, 0.1) is 5.92 Å². The predicted molar refractivity (Wildman–Crippen MR) is 164 cm³/mol. The molecule has 12 nitrogen and oxygen atoms in total. The van der Waals surface area contributed by atoms with E-state index in [4.69, 9.17) is 14.2 Å². The van der Waals surface area contributed by atoms with Crippen molar-refractivity contribution < 1.29 is 23.8 Å². The summed E-state index contributed by atoms with van der Waals surface area (Å²) in [6.45, 7) is 4.01. The topological polar surface area (TPSA) is 117 Å². The van der Waals surface area contributed by atoms with E-state index >= 15 is 0 Å². The second kappa shape index (κ2) is 13.0. The van der Waals surface area contributed by atoms with E-state index in [2.05, 4.69) is 19.6 Å². The standard InChI is InChI=1S/C33H37N7O5/c41-32(25-7-9-28-29(20-25)45-23-44-28)39-13-2-1-12-38(33(42)26-8-10-30-35-22-36-40(30)21-26)15-4-14-37-16-11-34-31(37)24-5-3-6-27(19-24)43-18-17-39/h3,5-7,9,11,16,19-20,22,26H,1-2,4,8,10,12-15,17-18,21,23H2. The number of aromatic nitrogens is 5. The normalized spacial score (nSPS) is 18.8. The lowest BCUT2D eigenvalue weighted by atomic mass is 9.98. The van der Waals surface area contributed by atoms with Crippen molar-refractivity contribution in [3.63, 3.8) is 0 Å². The average Bonchev–Trinajstić information content (AvgIpc) is 3.84. The molecule has 0 fully saturated rings. The Bertz CT molecular complexity index is 1670. The predicted octanol–water partition coefficient (Wildman–Crippen LogP) is 3.67. The van der Waals surface area contributed by atoms with E-state index in [0.29, 0.717) is 56.4 Å². The molecular weight excluding hydrogens is 574 g/mol. The first-order valence-electron chi connectivity index (χ1n) is 15.7. The fourth-order valence-corrected chi connectivity index (χ4v) is 6.34. The van der Waals surface area contributed by atoms with Crippen LogP contribution < -0.4 is 14.2 Å². The molecule has 2 aromatic heterocycles. The first-order chi connectivity index (χ1) is 22.1. The van der Waals surface area contributed by atoms with Crippen LogP contribution in [0.3, 0.4) is 0 Å². The molecule has 3 aliphatic rings. The summed E-state index contributed by atoms with van der Waals surface area (Å²) in [5, 5.41) is 4.32. The quantitative estimate of drug-likeness (QED) is 0.337. The van der Waals surface area contributed by atoms with Gasteiger partial charge in [-0.3, -0.25) is 9.59 Å². The third-order valence-electron chi connectivity index (χ3n) is 8.74. The van der Waals surface area contributed by atoms with Crippen LogP contribution in [-0.2, 0) is 24.3 Å².